The number of carboxylic acid groups (broad SMARTS) is 1. The molecule has 1 atom stereocenters. The number of rotatable bonds is 4. The lowest BCUT2D eigenvalue weighted by Crippen LogP contribution is -2.46. The van der Waals surface area contributed by atoms with E-state index in [-0.39, 0.29) is 12.6 Å². The number of benzene rings is 1. The fourth-order valence-electron chi connectivity index (χ4n) is 2.70. The Morgan fingerprint density at radius 3 is 3.00 bits per heavy atom. The van der Waals surface area contributed by atoms with Crippen LogP contribution in [-0.4, -0.2) is 53.5 Å². The molecule has 0 bridgehead atoms. The van der Waals surface area contributed by atoms with Crippen LogP contribution in [0.3, 0.4) is 0 Å². The van der Waals surface area contributed by atoms with Gasteiger partial charge in [-0.15, -0.1) is 11.3 Å². The molecule has 0 saturated carbocycles. The van der Waals surface area contributed by atoms with Gasteiger partial charge in [0.25, 0.3) is 0 Å². The average Bonchev–Trinajstić information content (AvgIpc) is 2.87. The smallest absolute Gasteiger partial charge is 0.346 e. The molecule has 1 aliphatic heterocycles. The van der Waals surface area contributed by atoms with Crippen LogP contribution in [-0.2, 0) is 11.3 Å². The second-order valence-corrected chi connectivity index (χ2v) is 6.15. The number of hydrogen-bond acceptors (Lipinski definition) is 5. The van der Waals surface area contributed by atoms with Crippen LogP contribution in [0.2, 0.25) is 0 Å². The molecule has 2 aromatic rings. The van der Waals surface area contributed by atoms with Gasteiger partial charge in [-0.2, -0.15) is 0 Å². The molecule has 112 valence electrons. The van der Waals surface area contributed by atoms with E-state index in [0.717, 1.165) is 15.6 Å². The van der Waals surface area contributed by atoms with Crippen LogP contribution < -0.4 is 0 Å². The summed E-state index contributed by atoms with van der Waals surface area (Å²) in [4.78, 5) is 14.0. The van der Waals surface area contributed by atoms with Gasteiger partial charge < -0.3 is 14.9 Å². The third-order valence-corrected chi connectivity index (χ3v) is 5.02. The van der Waals surface area contributed by atoms with E-state index < -0.39 is 5.97 Å². The molecule has 1 aliphatic rings. The van der Waals surface area contributed by atoms with Crippen molar-refractivity contribution < 1.29 is 19.7 Å². The summed E-state index contributed by atoms with van der Waals surface area (Å²) < 4.78 is 6.36. The summed E-state index contributed by atoms with van der Waals surface area (Å²) >= 11 is 1.31. The molecule has 1 aromatic carbocycles. The second-order valence-electron chi connectivity index (χ2n) is 5.09. The number of morpholine rings is 1. The standard InChI is InChI=1S/C15H17NO4S/c17-8-10-9-20-6-5-16(10)7-12-11-3-1-2-4-13(11)21-14(12)15(18)19/h1-4,10,17H,5-9H2,(H,18,19). The summed E-state index contributed by atoms with van der Waals surface area (Å²) in [5.41, 5.74) is 0.837. The Morgan fingerprint density at radius 1 is 1.43 bits per heavy atom. The third kappa shape index (κ3) is 2.80. The van der Waals surface area contributed by atoms with E-state index in [0.29, 0.717) is 31.2 Å². The summed E-state index contributed by atoms with van der Waals surface area (Å²) in [6.45, 7) is 2.35. The molecule has 0 radical (unpaired) electrons. The quantitative estimate of drug-likeness (QED) is 0.901. The Morgan fingerprint density at radius 2 is 2.24 bits per heavy atom. The van der Waals surface area contributed by atoms with Crippen molar-refractivity contribution in [1.29, 1.82) is 0 Å². The van der Waals surface area contributed by atoms with E-state index in [1.54, 1.807) is 0 Å². The van der Waals surface area contributed by atoms with E-state index in [9.17, 15) is 15.0 Å². The van der Waals surface area contributed by atoms with Crippen molar-refractivity contribution in [3.63, 3.8) is 0 Å². The molecule has 0 aliphatic carbocycles. The molecule has 2 heterocycles. The zero-order chi connectivity index (χ0) is 14.8. The van der Waals surface area contributed by atoms with Crippen LogP contribution >= 0.6 is 11.3 Å². The molecule has 21 heavy (non-hydrogen) atoms. The van der Waals surface area contributed by atoms with Crippen molar-refractivity contribution in [3.05, 3.63) is 34.7 Å². The highest BCUT2D eigenvalue weighted by Crippen LogP contribution is 2.32. The lowest BCUT2D eigenvalue weighted by molar-refractivity contribution is -0.0311. The van der Waals surface area contributed by atoms with Gasteiger partial charge in [0.1, 0.15) is 4.88 Å². The first-order valence-electron chi connectivity index (χ1n) is 6.87. The summed E-state index contributed by atoms with van der Waals surface area (Å²) in [6, 6.07) is 7.67. The van der Waals surface area contributed by atoms with Crippen LogP contribution in [0.4, 0.5) is 0 Å². The van der Waals surface area contributed by atoms with Crippen LogP contribution in [0.1, 0.15) is 15.2 Å². The zero-order valence-electron chi connectivity index (χ0n) is 11.5. The van der Waals surface area contributed by atoms with Gasteiger partial charge in [0.15, 0.2) is 0 Å². The fraction of sp³-hybridized carbons (Fsp3) is 0.400. The Balaban J connectivity index is 1.98. The number of carbonyl (C=O) groups is 1. The van der Waals surface area contributed by atoms with E-state index in [1.807, 2.05) is 24.3 Å². The predicted octanol–water partition coefficient (Wildman–Crippen LogP) is 1.79. The summed E-state index contributed by atoms with van der Waals surface area (Å²) in [6.07, 6.45) is 0. The van der Waals surface area contributed by atoms with E-state index in [4.69, 9.17) is 4.74 Å². The summed E-state index contributed by atoms with van der Waals surface area (Å²) in [5, 5.41) is 19.9. The van der Waals surface area contributed by atoms with Gasteiger partial charge >= 0.3 is 5.97 Å². The monoisotopic (exact) mass is 307 g/mol. The zero-order valence-corrected chi connectivity index (χ0v) is 12.3. The van der Waals surface area contributed by atoms with Crippen LogP contribution in [0.15, 0.2) is 24.3 Å². The van der Waals surface area contributed by atoms with Gasteiger partial charge in [-0.3, -0.25) is 4.90 Å². The van der Waals surface area contributed by atoms with Crippen molar-refractivity contribution in [2.75, 3.05) is 26.4 Å². The molecule has 1 aromatic heterocycles. The Bertz CT molecular complexity index is 654. The topological polar surface area (TPSA) is 70.0 Å². The van der Waals surface area contributed by atoms with E-state index in [2.05, 4.69) is 4.90 Å². The highest BCUT2D eigenvalue weighted by Gasteiger charge is 2.26. The SMILES string of the molecule is O=C(O)c1sc2ccccc2c1CN1CCOCC1CO. The number of aliphatic hydroxyl groups is 1. The van der Waals surface area contributed by atoms with Gasteiger partial charge in [0, 0.05) is 17.8 Å². The molecule has 1 unspecified atom stereocenters. The second kappa shape index (κ2) is 6.11. The highest BCUT2D eigenvalue weighted by atomic mass is 32.1. The Kier molecular flexibility index (Phi) is 4.21. The lowest BCUT2D eigenvalue weighted by atomic mass is 10.1. The van der Waals surface area contributed by atoms with Crippen molar-refractivity contribution in [2.24, 2.45) is 0 Å². The molecular weight excluding hydrogens is 290 g/mol. The number of hydrogen-bond donors (Lipinski definition) is 2. The molecule has 1 saturated heterocycles. The first-order valence-corrected chi connectivity index (χ1v) is 7.68. The first kappa shape index (κ1) is 14.5. The van der Waals surface area contributed by atoms with Crippen molar-refractivity contribution in [3.8, 4) is 0 Å². The molecule has 0 amide bonds. The number of fused-ring (bicyclic) bond motifs is 1. The van der Waals surface area contributed by atoms with Crippen molar-refractivity contribution in [1.82, 2.24) is 4.90 Å². The fourth-order valence-corrected chi connectivity index (χ4v) is 3.75. The minimum absolute atomic E-state index is 0.0183. The van der Waals surface area contributed by atoms with Crippen molar-refractivity contribution in [2.45, 2.75) is 12.6 Å². The summed E-state index contributed by atoms with van der Waals surface area (Å²) in [5.74, 6) is -0.889. The molecule has 2 N–H and O–H groups in total. The van der Waals surface area contributed by atoms with Crippen LogP contribution in [0.5, 0.6) is 0 Å². The van der Waals surface area contributed by atoms with Gasteiger partial charge in [0.05, 0.1) is 25.9 Å². The first-order chi connectivity index (χ1) is 10.2. The average molecular weight is 307 g/mol. The lowest BCUT2D eigenvalue weighted by Gasteiger charge is -2.34. The molecule has 3 rings (SSSR count). The minimum Gasteiger partial charge on any atom is -0.477 e. The highest BCUT2D eigenvalue weighted by molar-refractivity contribution is 7.21. The van der Waals surface area contributed by atoms with Crippen LogP contribution in [0, 0.1) is 0 Å². The number of carboxylic acids is 1. The number of ether oxygens (including phenoxy) is 1. The van der Waals surface area contributed by atoms with Gasteiger partial charge in [-0.25, -0.2) is 4.79 Å². The number of thiophene rings is 1. The third-order valence-electron chi connectivity index (χ3n) is 3.81. The van der Waals surface area contributed by atoms with E-state index >= 15 is 0 Å². The van der Waals surface area contributed by atoms with Crippen molar-refractivity contribution >= 4 is 27.4 Å². The normalized spacial score (nSPS) is 20.0. The van der Waals surface area contributed by atoms with Crippen LogP contribution in [0.25, 0.3) is 10.1 Å². The van der Waals surface area contributed by atoms with Gasteiger partial charge in [-0.1, -0.05) is 18.2 Å². The van der Waals surface area contributed by atoms with Gasteiger partial charge in [0.2, 0.25) is 0 Å². The Hall–Kier alpha value is -1.47. The number of aromatic carboxylic acids is 1. The minimum atomic E-state index is -0.889. The largest absolute Gasteiger partial charge is 0.477 e. The molecule has 1 fully saturated rings. The number of nitrogens with zero attached hydrogens (tertiary/aromatic N) is 1. The molecule has 0 spiro atoms. The number of aliphatic hydroxyl groups excluding tert-OH is 1. The molecular formula is C15H17NO4S. The summed E-state index contributed by atoms with van der Waals surface area (Å²) in [7, 11) is 0. The molecule has 5 nitrogen and oxygen atoms in total. The maximum atomic E-state index is 11.5. The predicted molar refractivity (Wildman–Crippen MR) is 80.9 cm³/mol. The maximum absolute atomic E-state index is 11.5. The van der Waals surface area contributed by atoms with E-state index in [1.165, 1.54) is 11.3 Å². The molecule has 6 heteroatoms. The maximum Gasteiger partial charge on any atom is 0.346 e. The Labute approximate surface area is 126 Å². The van der Waals surface area contributed by atoms with Gasteiger partial charge in [-0.05, 0) is 17.0 Å².